The average molecular weight is 307 g/mol. The fourth-order valence-electron chi connectivity index (χ4n) is 2.31. The number of aliphatic hydroxyl groups is 1. The Morgan fingerprint density at radius 2 is 1.87 bits per heavy atom. The SMILES string of the molecule is Cc1ccc(-c2ccc(CO)o2)cc1NC(=O)c1ccccc1. The highest BCUT2D eigenvalue weighted by Gasteiger charge is 2.10. The van der Waals surface area contributed by atoms with Crippen LogP contribution in [-0.4, -0.2) is 11.0 Å². The molecule has 1 aromatic heterocycles. The smallest absolute Gasteiger partial charge is 0.255 e. The fourth-order valence-corrected chi connectivity index (χ4v) is 2.31. The number of benzene rings is 2. The van der Waals surface area contributed by atoms with Crippen LogP contribution in [0.2, 0.25) is 0 Å². The second-order valence-electron chi connectivity index (χ2n) is 5.27. The number of rotatable bonds is 4. The molecule has 0 saturated carbocycles. The predicted octanol–water partition coefficient (Wildman–Crippen LogP) is 4.00. The van der Waals surface area contributed by atoms with Crippen molar-refractivity contribution in [2.45, 2.75) is 13.5 Å². The number of carbonyl (C=O) groups excluding carboxylic acids is 1. The molecule has 0 aliphatic heterocycles. The van der Waals surface area contributed by atoms with Gasteiger partial charge in [0.2, 0.25) is 0 Å². The van der Waals surface area contributed by atoms with Gasteiger partial charge in [0.25, 0.3) is 5.91 Å². The summed E-state index contributed by atoms with van der Waals surface area (Å²) >= 11 is 0. The topological polar surface area (TPSA) is 62.5 Å². The van der Waals surface area contributed by atoms with Gasteiger partial charge in [0.15, 0.2) is 0 Å². The van der Waals surface area contributed by atoms with Crippen LogP contribution in [0.15, 0.2) is 65.1 Å². The van der Waals surface area contributed by atoms with Gasteiger partial charge in [-0.2, -0.15) is 0 Å². The maximum Gasteiger partial charge on any atom is 0.255 e. The third kappa shape index (κ3) is 3.33. The molecule has 3 rings (SSSR count). The van der Waals surface area contributed by atoms with Gasteiger partial charge < -0.3 is 14.8 Å². The predicted molar refractivity (Wildman–Crippen MR) is 89.2 cm³/mol. The first kappa shape index (κ1) is 15.1. The van der Waals surface area contributed by atoms with Gasteiger partial charge in [0, 0.05) is 16.8 Å². The van der Waals surface area contributed by atoms with Crippen molar-refractivity contribution in [3.63, 3.8) is 0 Å². The fraction of sp³-hybridized carbons (Fsp3) is 0.105. The number of hydrogen-bond acceptors (Lipinski definition) is 3. The van der Waals surface area contributed by atoms with Crippen LogP contribution in [0.25, 0.3) is 11.3 Å². The second kappa shape index (κ2) is 6.50. The van der Waals surface area contributed by atoms with E-state index in [9.17, 15) is 4.79 Å². The van der Waals surface area contributed by atoms with Gasteiger partial charge in [-0.1, -0.05) is 30.3 Å². The van der Waals surface area contributed by atoms with Crippen LogP contribution in [-0.2, 0) is 6.61 Å². The average Bonchev–Trinajstić information content (AvgIpc) is 3.07. The third-order valence-corrected chi connectivity index (χ3v) is 3.62. The minimum atomic E-state index is -0.152. The molecule has 0 aliphatic carbocycles. The summed E-state index contributed by atoms with van der Waals surface area (Å²) in [4.78, 5) is 12.3. The molecule has 0 aliphatic rings. The molecule has 0 unspecified atom stereocenters. The van der Waals surface area contributed by atoms with Crippen LogP contribution in [0.1, 0.15) is 21.7 Å². The molecule has 4 nitrogen and oxygen atoms in total. The Bertz CT molecular complexity index is 822. The van der Waals surface area contributed by atoms with Crippen molar-refractivity contribution in [3.8, 4) is 11.3 Å². The minimum Gasteiger partial charge on any atom is -0.459 e. The van der Waals surface area contributed by atoms with Gasteiger partial charge in [-0.25, -0.2) is 0 Å². The molecule has 0 bridgehead atoms. The highest BCUT2D eigenvalue weighted by molar-refractivity contribution is 6.04. The van der Waals surface area contributed by atoms with E-state index in [1.165, 1.54) is 0 Å². The van der Waals surface area contributed by atoms with E-state index in [0.29, 0.717) is 17.1 Å². The molecule has 2 aromatic carbocycles. The highest BCUT2D eigenvalue weighted by atomic mass is 16.4. The van der Waals surface area contributed by atoms with Crippen LogP contribution in [0.3, 0.4) is 0 Å². The maximum absolute atomic E-state index is 12.3. The molecule has 0 saturated heterocycles. The summed E-state index contributed by atoms with van der Waals surface area (Å²) in [7, 11) is 0. The van der Waals surface area contributed by atoms with Crippen molar-refractivity contribution in [1.29, 1.82) is 0 Å². The molecule has 1 amide bonds. The molecule has 0 radical (unpaired) electrons. The van der Waals surface area contributed by atoms with E-state index in [4.69, 9.17) is 9.52 Å². The van der Waals surface area contributed by atoms with Crippen molar-refractivity contribution >= 4 is 11.6 Å². The van der Waals surface area contributed by atoms with E-state index in [-0.39, 0.29) is 12.5 Å². The number of aryl methyl sites for hydroxylation is 1. The molecule has 1 heterocycles. The van der Waals surface area contributed by atoms with Crippen LogP contribution in [0.4, 0.5) is 5.69 Å². The lowest BCUT2D eigenvalue weighted by atomic mass is 10.1. The van der Waals surface area contributed by atoms with Crippen molar-refractivity contribution < 1.29 is 14.3 Å². The van der Waals surface area contributed by atoms with Gasteiger partial charge in [-0.15, -0.1) is 0 Å². The van der Waals surface area contributed by atoms with E-state index in [0.717, 1.165) is 16.8 Å². The lowest BCUT2D eigenvalue weighted by molar-refractivity contribution is 0.102. The zero-order chi connectivity index (χ0) is 16.2. The lowest BCUT2D eigenvalue weighted by Crippen LogP contribution is -2.12. The molecule has 0 fully saturated rings. The largest absolute Gasteiger partial charge is 0.459 e. The third-order valence-electron chi connectivity index (χ3n) is 3.62. The van der Waals surface area contributed by atoms with Crippen molar-refractivity contribution in [2.75, 3.05) is 5.32 Å². The number of hydrogen-bond donors (Lipinski definition) is 2. The molecule has 3 aromatic rings. The molecule has 116 valence electrons. The Hall–Kier alpha value is -2.85. The Balaban J connectivity index is 1.87. The number of carbonyl (C=O) groups is 1. The standard InChI is InChI=1S/C19H17NO3/c1-13-7-8-15(18-10-9-16(12-21)23-18)11-17(13)20-19(22)14-5-3-2-4-6-14/h2-11,21H,12H2,1H3,(H,20,22). The van der Waals surface area contributed by atoms with E-state index in [1.807, 2.05) is 43.3 Å². The molecule has 23 heavy (non-hydrogen) atoms. The second-order valence-corrected chi connectivity index (χ2v) is 5.27. The quantitative estimate of drug-likeness (QED) is 0.766. The Kier molecular flexibility index (Phi) is 4.26. The van der Waals surface area contributed by atoms with E-state index >= 15 is 0 Å². The number of amides is 1. The summed E-state index contributed by atoms with van der Waals surface area (Å²) in [6.45, 7) is 1.80. The van der Waals surface area contributed by atoms with Gasteiger partial charge in [0.05, 0.1) is 0 Å². The van der Waals surface area contributed by atoms with E-state index in [2.05, 4.69) is 5.32 Å². The van der Waals surface area contributed by atoms with Gasteiger partial charge >= 0.3 is 0 Å². The van der Waals surface area contributed by atoms with Gasteiger partial charge in [-0.3, -0.25) is 4.79 Å². The van der Waals surface area contributed by atoms with Crippen LogP contribution in [0, 0.1) is 6.92 Å². The summed E-state index contributed by atoms with van der Waals surface area (Å²) in [6.07, 6.45) is 0. The monoisotopic (exact) mass is 307 g/mol. The van der Waals surface area contributed by atoms with Crippen LogP contribution >= 0.6 is 0 Å². The van der Waals surface area contributed by atoms with Crippen LogP contribution < -0.4 is 5.32 Å². The van der Waals surface area contributed by atoms with Crippen molar-refractivity contribution in [3.05, 3.63) is 77.6 Å². The van der Waals surface area contributed by atoms with Crippen molar-refractivity contribution in [2.24, 2.45) is 0 Å². The Morgan fingerprint density at radius 1 is 1.09 bits per heavy atom. The molecule has 4 heteroatoms. The number of nitrogens with one attached hydrogen (secondary N) is 1. The normalized spacial score (nSPS) is 10.5. The van der Waals surface area contributed by atoms with E-state index < -0.39 is 0 Å². The molecular formula is C19H17NO3. The first-order chi connectivity index (χ1) is 11.2. The Morgan fingerprint density at radius 3 is 2.57 bits per heavy atom. The highest BCUT2D eigenvalue weighted by Crippen LogP contribution is 2.27. The van der Waals surface area contributed by atoms with Gasteiger partial charge in [-0.05, 0) is 42.8 Å². The maximum atomic E-state index is 12.3. The molecule has 2 N–H and O–H groups in total. The number of anilines is 1. The zero-order valence-corrected chi connectivity index (χ0v) is 12.7. The summed E-state index contributed by atoms with van der Waals surface area (Å²) in [6, 6.07) is 18.3. The lowest BCUT2D eigenvalue weighted by Gasteiger charge is -2.10. The zero-order valence-electron chi connectivity index (χ0n) is 12.7. The summed E-state index contributed by atoms with van der Waals surface area (Å²) < 4.78 is 5.54. The summed E-state index contributed by atoms with van der Waals surface area (Å²) in [5, 5.41) is 12.0. The van der Waals surface area contributed by atoms with Crippen LogP contribution in [0.5, 0.6) is 0 Å². The summed E-state index contributed by atoms with van der Waals surface area (Å²) in [5.41, 5.74) is 3.15. The number of aliphatic hydroxyl groups excluding tert-OH is 1. The molecular weight excluding hydrogens is 290 g/mol. The first-order valence-electron chi connectivity index (χ1n) is 7.34. The molecule has 0 atom stereocenters. The summed E-state index contributed by atoms with van der Waals surface area (Å²) in [5.74, 6) is 1.01. The van der Waals surface area contributed by atoms with Gasteiger partial charge in [0.1, 0.15) is 18.1 Å². The minimum absolute atomic E-state index is 0.135. The molecule has 0 spiro atoms. The van der Waals surface area contributed by atoms with Crippen molar-refractivity contribution in [1.82, 2.24) is 0 Å². The van der Waals surface area contributed by atoms with E-state index in [1.54, 1.807) is 24.3 Å². The Labute approximate surface area is 134 Å². The number of furan rings is 1. The first-order valence-corrected chi connectivity index (χ1v) is 7.34.